The molecular formula is C16H33N7O3. The lowest BCUT2D eigenvalue weighted by Crippen LogP contribution is -2.45. The largest absolute Gasteiger partial charge is 0.369 e. The van der Waals surface area contributed by atoms with E-state index in [1.54, 1.807) is 0 Å². The highest BCUT2D eigenvalue weighted by atomic mass is 16.1. The number of nitrogens with two attached hydrogens (primary N) is 1. The molecule has 1 rings (SSSR count). The van der Waals surface area contributed by atoms with E-state index in [1.807, 2.05) is 0 Å². The standard InChI is InChI=1S/C16H33N7O3/c17-16(26)11-21-6-2-7-23(13-20-15-25)10-9-22(12-19-14-24)5-1-3-18-4-8-21/h14-15,18H,1-13H2,(H2,17,26)(H,19,24)(H,20,25). The smallest absolute Gasteiger partial charge is 0.231 e. The minimum Gasteiger partial charge on any atom is -0.369 e. The maximum absolute atomic E-state index is 11.2. The minimum absolute atomic E-state index is 0.263. The number of nitrogens with zero attached hydrogens (tertiary/aromatic N) is 3. The average molecular weight is 371 g/mol. The molecule has 1 heterocycles. The van der Waals surface area contributed by atoms with Crippen LogP contribution in [-0.2, 0) is 14.4 Å². The quantitative estimate of drug-likeness (QED) is 0.339. The van der Waals surface area contributed by atoms with E-state index in [9.17, 15) is 14.4 Å². The van der Waals surface area contributed by atoms with Gasteiger partial charge in [0.25, 0.3) is 0 Å². The monoisotopic (exact) mass is 371 g/mol. The molecule has 0 aromatic rings. The fraction of sp³-hybridized carbons (Fsp3) is 0.812. The highest BCUT2D eigenvalue weighted by Crippen LogP contribution is 1.98. The van der Waals surface area contributed by atoms with Gasteiger partial charge < -0.3 is 21.7 Å². The van der Waals surface area contributed by atoms with Gasteiger partial charge in [-0.3, -0.25) is 29.1 Å². The number of hydrogen-bond acceptors (Lipinski definition) is 7. The van der Waals surface area contributed by atoms with Gasteiger partial charge in [-0.1, -0.05) is 0 Å². The van der Waals surface area contributed by atoms with E-state index < -0.39 is 0 Å². The number of carbonyl (C=O) groups excluding carboxylic acids is 3. The van der Waals surface area contributed by atoms with E-state index in [1.165, 1.54) is 0 Å². The lowest BCUT2D eigenvalue weighted by atomic mass is 10.3. The van der Waals surface area contributed by atoms with Crippen molar-refractivity contribution in [2.24, 2.45) is 5.73 Å². The molecule has 26 heavy (non-hydrogen) atoms. The van der Waals surface area contributed by atoms with E-state index in [2.05, 4.69) is 30.7 Å². The van der Waals surface area contributed by atoms with Gasteiger partial charge in [0.2, 0.25) is 18.7 Å². The van der Waals surface area contributed by atoms with Crippen molar-refractivity contribution in [3.8, 4) is 0 Å². The maximum atomic E-state index is 11.2. The van der Waals surface area contributed by atoms with E-state index in [0.717, 1.165) is 65.2 Å². The third-order valence-corrected chi connectivity index (χ3v) is 4.29. The van der Waals surface area contributed by atoms with Crippen LogP contribution in [0.2, 0.25) is 0 Å². The maximum Gasteiger partial charge on any atom is 0.231 e. The highest BCUT2D eigenvalue weighted by molar-refractivity contribution is 5.75. The Morgan fingerprint density at radius 1 is 0.846 bits per heavy atom. The Hall–Kier alpha value is -1.75. The van der Waals surface area contributed by atoms with Gasteiger partial charge in [0, 0.05) is 39.3 Å². The summed E-state index contributed by atoms with van der Waals surface area (Å²) in [6.07, 6.45) is 3.24. The van der Waals surface area contributed by atoms with Gasteiger partial charge in [-0.25, -0.2) is 0 Å². The Morgan fingerprint density at radius 3 is 2.00 bits per heavy atom. The van der Waals surface area contributed by atoms with Crippen LogP contribution in [0.25, 0.3) is 0 Å². The van der Waals surface area contributed by atoms with E-state index in [0.29, 0.717) is 26.2 Å². The second kappa shape index (κ2) is 14.4. The molecule has 0 aromatic carbocycles. The van der Waals surface area contributed by atoms with Crippen molar-refractivity contribution >= 4 is 18.7 Å². The summed E-state index contributed by atoms with van der Waals surface area (Å²) in [6, 6.07) is 0. The molecule has 1 aliphatic rings. The first-order valence-electron chi connectivity index (χ1n) is 9.16. The third kappa shape index (κ3) is 11.0. The molecular weight excluding hydrogens is 338 g/mol. The topological polar surface area (TPSA) is 123 Å². The summed E-state index contributed by atoms with van der Waals surface area (Å²) in [5, 5.41) is 8.82. The van der Waals surface area contributed by atoms with Crippen molar-refractivity contribution in [2.75, 3.05) is 72.2 Å². The predicted molar refractivity (Wildman–Crippen MR) is 99.0 cm³/mol. The fourth-order valence-corrected chi connectivity index (χ4v) is 2.95. The van der Waals surface area contributed by atoms with E-state index in [-0.39, 0.29) is 12.5 Å². The summed E-state index contributed by atoms with van der Waals surface area (Å²) in [5.74, 6) is -0.316. The lowest BCUT2D eigenvalue weighted by Gasteiger charge is -2.29. The van der Waals surface area contributed by atoms with Gasteiger partial charge >= 0.3 is 0 Å². The Labute approximate surface area is 155 Å². The van der Waals surface area contributed by atoms with Crippen LogP contribution in [0.5, 0.6) is 0 Å². The molecule has 0 radical (unpaired) electrons. The molecule has 150 valence electrons. The summed E-state index contributed by atoms with van der Waals surface area (Å²) < 4.78 is 0. The molecule has 0 bridgehead atoms. The molecule has 0 aliphatic carbocycles. The lowest BCUT2D eigenvalue weighted by molar-refractivity contribution is -0.119. The molecule has 0 atom stereocenters. The van der Waals surface area contributed by atoms with Crippen molar-refractivity contribution in [3.63, 3.8) is 0 Å². The number of primary amides is 1. The first-order chi connectivity index (χ1) is 12.7. The number of rotatable bonds is 8. The molecule has 0 unspecified atom stereocenters. The van der Waals surface area contributed by atoms with Crippen LogP contribution in [0.1, 0.15) is 12.8 Å². The second-order valence-corrected chi connectivity index (χ2v) is 6.40. The fourth-order valence-electron chi connectivity index (χ4n) is 2.95. The summed E-state index contributed by atoms with van der Waals surface area (Å²) in [5.41, 5.74) is 5.34. The summed E-state index contributed by atoms with van der Waals surface area (Å²) in [4.78, 5) is 38.8. The second-order valence-electron chi connectivity index (χ2n) is 6.40. The van der Waals surface area contributed by atoms with Crippen molar-refractivity contribution < 1.29 is 14.4 Å². The Bertz CT molecular complexity index is 411. The van der Waals surface area contributed by atoms with Crippen LogP contribution in [0.15, 0.2) is 0 Å². The predicted octanol–water partition coefficient (Wildman–Crippen LogP) is -2.83. The van der Waals surface area contributed by atoms with Gasteiger partial charge in [0.05, 0.1) is 19.9 Å². The molecule has 0 spiro atoms. The third-order valence-electron chi connectivity index (χ3n) is 4.29. The molecule has 0 aromatic heterocycles. The van der Waals surface area contributed by atoms with Crippen molar-refractivity contribution in [1.82, 2.24) is 30.7 Å². The van der Waals surface area contributed by atoms with Crippen LogP contribution < -0.4 is 21.7 Å². The molecule has 1 aliphatic heterocycles. The number of nitrogens with one attached hydrogen (secondary N) is 3. The zero-order valence-electron chi connectivity index (χ0n) is 15.5. The molecule has 5 N–H and O–H groups in total. The van der Waals surface area contributed by atoms with Crippen molar-refractivity contribution in [2.45, 2.75) is 12.8 Å². The average Bonchev–Trinajstić information content (AvgIpc) is 2.61. The normalized spacial score (nSPS) is 20.0. The van der Waals surface area contributed by atoms with Gasteiger partial charge in [-0.2, -0.15) is 0 Å². The van der Waals surface area contributed by atoms with Gasteiger partial charge in [0.1, 0.15) is 0 Å². The number of carbonyl (C=O) groups is 3. The Balaban J connectivity index is 2.61. The zero-order chi connectivity index (χ0) is 19.0. The first kappa shape index (κ1) is 22.3. The Kier molecular flexibility index (Phi) is 12.4. The van der Waals surface area contributed by atoms with Crippen LogP contribution in [-0.4, -0.2) is 106 Å². The summed E-state index contributed by atoms with van der Waals surface area (Å²) in [6.45, 7) is 7.74. The Morgan fingerprint density at radius 2 is 1.42 bits per heavy atom. The first-order valence-corrected chi connectivity index (χ1v) is 9.16. The van der Waals surface area contributed by atoms with Crippen LogP contribution in [0.3, 0.4) is 0 Å². The van der Waals surface area contributed by atoms with Gasteiger partial charge in [-0.15, -0.1) is 0 Å². The van der Waals surface area contributed by atoms with Crippen LogP contribution in [0, 0.1) is 0 Å². The zero-order valence-corrected chi connectivity index (χ0v) is 15.5. The minimum atomic E-state index is -0.316. The molecule has 3 amide bonds. The van der Waals surface area contributed by atoms with Gasteiger partial charge in [0.15, 0.2) is 0 Å². The molecule has 10 heteroatoms. The molecule has 10 nitrogen and oxygen atoms in total. The summed E-state index contributed by atoms with van der Waals surface area (Å²) >= 11 is 0. The van der Waals surface area contributed by atoms with Crippen molar-refractivity contribution in [3.05, 3.63) is 0 Å². The summed E-state index contributed by atoms with van der Waals surface area (Å²) in [7, 11) is 0. The van der Waals surface area contributed by atoms with E-state index in [4.69, 9.17) is 5.73 Å². The van der Waals surface area contributed by atoms with Crippen molar-refractivity contribution in [1.29, 1.82) is 0 Å². The van der Waals surface area contributed by atoms with Crippen LogP contribution >= 0.6 is 0 Å². The van der Waals surface area contributed by atoms with Crippen LogP contribution in [0.4, 0.5) is 0 Å². The molecule has 1 saturated heterocycles. The molecule has 1 fully saturated rings. The number of hydrogen-bond donors (Lipinski definition) is 4. The van der Waals surface area contributed by atoms with E-state index >= 15 is 0 Å². The van der Waals surface area contributed by atoms with Gasteiger partial charge in [-0.05, 0) is 25.9 Å². The SMILES string of the molecule is NC(=O)CN1CCCN(CNC=O)CCN(CNC=O)CCCNCC1. The molecule has 0 saturated carbocycles. The highest BCUT2D eigenvalue weighted by Gasteiger charge is 2.12. The number of amides is 3.